The first-order valence-electron chi connectivity index (χ1n) is 7.55. The molecule has 2 amide bonds. The van der Waals surface area contributed by atoms with E-state index in [2.05, 4.69) is 10.6 Å². The molecule has 0 aliphatic carbocycles. The van der Waals surface area contributed by atoms with E-state index in [0.717, 1.165) is 24.3 Å². The van der Waals surface area contributed by atoms with Gasteiger partial charge in [-0.3, -0.25) is 9.59 Å². The van der Waals surface area contributed by atoms with Crippen molar-refractivity contribution in [2.24, 2.45) is 0 Å². The first-order valence-corrected chi connectivity index (χ1v) is 7.55. The molecule has 0 aromatic heterocycles. The summed E-state index contributed by atoms with van der Waals surface area (Å²) in [6, 6.07) is 11.9. The number of carbonyl (C=O) groups excluding carboxylic acids is 2. The van der Waals surface area contributed by atoms with Crippen molar-refractivity contribution in [2.45, 2.75) is 6.18 Å². The lowest BCUT2D eigenvalue weighted by atomic mass is 10.1. The van der Waals surface area contributed by atoms with Gasteiger partial charge in [0.05, 0.1) is 17.2 Å². The second kappa shape index (κ2) is 8.16. The van der Waals surface area contributed by atoms with Crippen molar-refractivity contribution >= 4 is 11.8 Å². The summed E-state index contributed by atoms with van der Waals surface area (Å²) in [6.45, 7) is 0.228. The van der Waals surface area contributed by atoms with E-state index in [-0.39, 0.29) is 18.7 Å². The van der Waals surface area contributed by atoms with Crippen LogP contribution in [0.4, 0.5) is 13.2 Å². The number of nitrogens with one attached hydrogen (secondary N) is 2. The van der Waals surface area contributed by atoms with E-state index in [1.54, 1.807) is 18.2 Å². The number of hydrogen-bond acceptors (Lipinski definition) is 3. The normalized spacial score (nSPS) is 10.7. The van der Waals surface area contributed by atoms with Gasteiger partial charge in [-0.15, -0.1) is 0 Å². The average Bonchev–Trinajstić information content (AvgIpc) is 2.64. The van der Waals surface area contributed by atoms with Crippen molar-refractivity contribution in [2.75, 3.05) is 13.1 Å². The summed E-state index contributed by atoms with van der Waals surface area (Å²) in [4.78, 5) is 23.8. The molecule has 0 heterocycles. The van der Waals surface area contributed by atoms with E-state index in [4.69, 9.17) is 5.26 Å². The quantitative estimate of drug-likeness (QED) is 0.804. The highest BCUT2D eigenvalue weighted by molar-refractivity contribution is 5.95. The first kappa shape index (κ1) is 19.0. The number of nitrogens with zero attached hydrogens (tertiary/aromatic N) is 1. The average molecular weight is 361 g/mol. The number of benzene rings is 2. The Morgan fingerprint density at radius 3 is 2.04 bits per heavy atom. The van der Waals surface area contributed by atoms with Crippen molar-refractivity contribution in [3.05, 3.63) is 70.8 Å². The van der Waals surface area contributed by atoms with Crippen LogP contribution >= 0.6 is 0 Å². The molecule has 8 heteroatoms. The molecule has 0 bridgehead atoms. The maximum absolute atomic E-state index is 12.5. The highest BCUT2D eigenvalue weighted by Crippen LogP contribution is 2.29. The number of amides is 2. The maximum atomic E-state index is 12.5. The Balaban J connectivity index is 1.81. The van der Waals surface area contributed by atoms with Gasteiger partial charge in [-0.25, -0.2) is 0 Å². The zero-order valence-electron chi connectivity index (χ0n) is 13.4. The molecule has 0 aliphatic rings. The Kier molecular flexibility index (Phi) is 5.96. The van der Waals surface area contributed by atoms with E-state index in [1.165, 1.54) is 6.07 Å². The monoisotopic (exact) mass is 361 g/mol. The summed E-state index contributed by atoms with van der Waals surface area (Å²) in [7, 11) is 0. The van der Waals surface area contributed by atoms with Crippen LogP contribution in [0, 0.1) is 11.3 Å². The fraction of sp³-hybridized carbons (Fsp3) is 0.167. The third-order valence-corrected chi connectivity index (χ3v) is 3.42. The molecule has 0 unspecified atom stereocenters. The minimum Gasteiger partial charge on any atom is -0.350 e. The molecule has 5 nitrogen and oxygen atoms in total. The number of alkyl halides is 3. The van der Waals surface area contributed by atoms with Gasteiger partial charge in [-0.05, 0) is 42.5 Å². The van der Waals surface area contributed by atoms with E-state index < -0.39 is 23.6 Å². The molecule has 0 fully saturated rings. The molecule has 2 aromatic carbocycles. The van der Waals surface area contributed by atoms with Gasteiger partial charge < -0.3 is 10.6 Å². The maximum Gasteiger partial charge on any atom is 0.416 e. The zero-order chi connectivity index (χ0) is 19.2. The second-order valence-corrected chi connectivity index (χ2v) is 5.28. The Hall–Kier alpha value is -3.34. The smallest absolute Gasteiger partial charge is 0.350 e. The highest BCUT2D eigenvalue weighted by Gasteiger charge is 2.30. The van der Waals surface area contributed by atoms with Crippen LogP contribution in [0.15, 0.2) is 48.5 Å². The van der Waals surface area contributed by atoms with Gasteiger partial charge in [0.2, 0.25) is 0 Å². The van der Waals surface area contributed by atoms with E-state index >= 15 is 0 Å². The summed E-state index contributed by atoms with van der Waals surface area (Å²) in [5.74, 6) is -0.940. The number of carbonyl (C=O) groups is 2. The third kappa shape index (κ3) is 5.08. The largest absolute Gasteiger partial charge is 0.416 e. The fourth-order valence-electron chi connectivity index (χ4n) is 2.10. The summed E-state index contributed by atoms with van der Waals surface area (Å²) in [5, 5.41) is 13.9. The lowest BCUT2D eigenvalue weighted by Crippen LogP contribution is -2.34. The van der Waals surface area contributed by atoms with E-state index in [9.17, 15) is 22.8 Å². The minimum atomic E-state index is -4.46. The molecule has 0 radical (unpaired) electrons. The van der Waals surface area contributed by atoms with Crippen LogP contribution in [-0.2, 0) is 6.18 Å². The second-order valence-electron chi connectivity index (χ2n) is 5.28. The molecule has 2 N–H and O–H groups in total. The van der Waals surface area contributed by atoms with Crippen molar-refractivity contribution in [3.63, 3.8) is 0 Å². The molecule has 2 aromatic rings. The summed E-state index contributed by atoms with van der Waals surface area (Å²) < 4.78 is 37.4. The van der Waals surface area contributed by atoms with Gasteiger partial charge in [-0.2, -0.15) is 18.4 Å². The topological polar surface area (TPSA) is 82.0 Å². The summed E-state index contributed by atoms with van der Waals surface area (Å²) >= 11 is 0. The Labute approximate surface area is 147 Å². The van der Waals surface area contributed by atoms with Gasteiger partial charge in [-0.1, -0.05) is 6.07 Å². The number of nitriles is 1. The molecular formula is C18H14F3N3O2. The standard InChI is InChI=1S/C18H14F3N3O2/c19-18(20,21)15-6-4-13(5-7-15)16(25)23-8-9-24-17(26)14-3-1-2-12(10-14)11-22/h1-7,10H,8-9H2,(H,23,25)(H,24,26). The molecule has 134 valence electrons. The molecular weight excluding hydrogens is 347 g/mol. The third-order valence-electron chi connectivity index (χ3n) is 3.42. The molecule has 0 saturated heterocycles. The SMILES string of the molecule is N#Cc1cccc(C(=O)NCCNC(=O)c2ccc(C(F)(F)F)cc2)c1. The Morgan fingerprint density at radius 2 is 1.50 bits per heavy atom. The molecule has 2 rings (SSSR count). The van der Waals surface area contributed by atoms with Gasteiger partial charge >= 0.3 is 6.18 Å². The summed E-state index contributed by atoms with van der Waals surface area (Å²) in [5.41, 5.74) is -0.0710. The summed E-state index contributed by atoms with van der Waals surface area (Å²) in [6.07, 6.45) is -4.46. The van der Waals surface area contributed by atoms with Gasteiger partial charge in [0.1, 0.15) is 0 Å². The molecule has 0 atom stereocenters. The first-order chi connectivity index (χ1) is 12.3. The van der Waals surface area contributed by atoms with Crippen LogP contribution in [-0.4, -0.2) is 24.9 Å². The van der Waals surface area contributed by atoms with Gasteiger partial charge in [0.25, 0.3) is 11.8 Å². The van der Waals surface area contributed by atoms with Crippen molar-refractivity contribution < 1.29 is 22.8 Å². The van der Waals surface area contributed by atoms with Crippen molar-refractivity contribution in [1.82, 2.24) is 10.6 Å². The van der Waals surface area contributed by atoms with Crippen LogP contribution < -0.4 is 10.6 Å². The predicted octanol–water partition coefficient (Wildman–Crippen LogP) is 2.74. The Morgan fingerprint density at radius 1 is 0.923 bits per heavy atom. The van der Waals surface area contributed by atoms with Crippen LogP contribution in [0.5, 0.6) is 0 Å². The predicted molar refractivity (Wildman–Crippen MR) is 87.3 cm³/mol. The van der Waals surface area contributed by atoms with Crippen LogP contribution in [0.25, 0.3) is 0 Å². The Bertz CT molecular complexity index is 840. The fourth-order valence-corrected chi connectivity index (χ4v) is 2.10. The number of hydrogen-bond donors (Lipinski definition) is 2. The van der Waals surface area contributed by atoms with E-state index in [0.29, 0.717) is 11.1 Å². The molecule has 0 saturated carbocycles. The van der Waals surface area contributed by atoms with E-state index in [1.807, 2.05) is 6.07 Å². The minimum absolute atomic E-state index is 0.0889. The van der Waals surface area contributed by atoms with Crippen molar-refractivity contribution in [3.8, 4) is 6.07 Å². The number of rotatable bonds is 5. The molecule has 0 aliphatic heterocycles. The lowest BCUT2D eigenvalue weighted by molar-refractivity contribution is -0.137. The van der Waals surface area contributed by atoms with Crippen LogP contribution in [0.1, 0.15) is 31.8 Å². The van der Waals surface area contributed by atoms with Crippen LogP contribution in [0.2, 0.25) is 0 Å². The van der Waals surface area contributed by atoms with Crippen molar-refractivity contribution in [1.29, 1.82) is 5.26 Å². The lowest BCUT2D eigenvalue weighted by Gasteiger charge is -2.09. The van der Waals surface area contributed by atoms with Gasteiger partial charge in [0, 0.05) is 24.2 Å². The number of halogens is 3. The zero-order valence-corrected chi connectivity index (χ0v) is 13.4. The highest BCUT2D eigenvalue weighted by atomic mass is 19.4. The molecule has 0 spiro atoms. The van der Waals surface area contributed by atoms with Gasteiger partial charge in [0.15, 0.2) is 0 Å². The molecule has 26 heavy (non-hydrogen) atoms. The van der Waals surface area contributed by atoms with Crippen LogP contribution in [0.3, 0.4) is 0 Å².